The molecule has 24 heavy (non-hydrogen) atoms. The van der Waals surface area contributed by atoms with Gasteiger partial charge < -0.3 is 14.2 Å². The number of nitrogens with zero attached hydrogens (tertiary/aromatic N) is 3. The van der Waals surface area contributed by atoms with Crippen LogP contribution in [0.25, 0.3) is 0 Å². The highest BCUT2D eigenvalue weighted by atomic mass is 32.1. The molecule has 1 N–H and O–H groups in total. The maximum atomic E-state index is 11.4. The van der Waals surface area contributed by atoms with Crippen molar-refractivity contribution in [3.8, 4) is 11.5 Å². The van der Waals surface area contributed by atoms with Crippen LogP contribution in [0.15, 0.2) is 23.3 Å². The summed E-state index contributed by atoms with van der Waals surface area (Å²) in [4.78, 5) is 11.4. The Hall–Kier alpha value is -2.68. The molecule has 0 aliphatic heterocycles. The second-order valence-electron chi connectivity index (χ2n) is 4.55. The predicted molar refractivity (Wildman–Crippen MR) is 90.4 cm³/mol. The molecule has 0 atom stereocenters. The van der Waals surface area contributed by atoms with Crippen LogP contribution in [0.4, 0.5) is 4.79 Å². The Balaban J connectivity index is 2.23. The first-order chi connectivity index (χ1) is 11.6. The fourth-order valence-electron chi connectivity index (χ4n) is 1.88. The van der Waals surface area contributed by atoms with E-state index in [0.29, 0.717) is 16.9 Å². The number of rotatable bonds is 6. The topological polar surface area (TPSA) is 90.7 Å². The molecule has 1 aromatic carbocycles. The number of aromatic nitrogens is 3. The number of aryl methyl sites for hydroxylation is 1. The third-order valence-electron chi connectivity index (χ3n) is 3.00. The molecule has 8 nitrogen and oxygen atoms in total. The van der Waals surface area contributed by atoms with E-state index in [-0.39, 0.29) is 12.4 Å². The van der Waals surface area contributed by atoms with E-state index in [9.17, 15) is 4.79 Å². The van der Waals surface area contributed by atoms with E-state index in [4.69, 9.17) is 26.4 Å². The Labute approximate surface area is 144 Å². The lowest BCUT2D eigenvalue weighted by Crippen LogP contribution is -2.10. The van der Waals surface area contributed by atoms with E-state index in [2.05, 4.69) is 15.3 Å². The minimum Gasteiger partial charge on any atom is -0.493 e. The Bertz CT molecular complexity index is 797. The molecule has 2 rings (SSSR count). The van der Waals surface area contributed by atoms with Crippen LogP contribution in [0.1, 0.15) is 25.2 Å². The zero-order valence-electron chi connectivity index (χ0n) is 13.6. The van der Waals surface area contributed by atoms with Gasteiger partial charge in [-0.05, 0) is 42.9 Å². The molecule has 0 saturated carbocycles. The summed E-state index contributed by atoms with van der Waals surface area (Å²) >= 11 is 5.13. The van der Waals surface area contributed by atoms with Gasteiger partial charge in [0.25, 0.3) is 0 Å². The molecule has 0 radical (unpaired) electrons. The lowest BCUT2D eigenvalue weighted by Gasteiger charge is -2.09. The van der Waals surface area contributed by atoms with Gasteiger partial charge in [-0.15, -0.1) is 0 Å². The van der Waals surface area contributed by atoms with Crippen molar-refractivity contribution in [2.75, 3.05) is 13.7 Å². The molecular formula is C15H18N4O4S. The maximum Gasteiger partial charge on any atom is 0.513 e. The second kappa shape index (κ2) is 8.25. The van der Waals surface area contributed by atoms with Crippen molar-refractivity contribution in [2.24, 2.45) is 5.10 Å². The standard InChI is InChI=1S/C15H18N4O4S/c1-4-13-17-18-14(24)19(13)16-9-10-6-7-11(12(8-10)21-3)23-15(20)22-5-2/h6-9H,4-5H2,1-3H3,(H,18,24)/b16-9-. The molecule has 9 heteroatoms. The fraction of sp³-hybridized carbons (Fsp3) is 0.333. The Morgan fingerprint density at radius 1 is 1.42 bits per heavy atom. The van der Waals surface area contributed by atoms with Crippen LogP contribution in [0.5, 0.6) is 11.5 Å². The summed E-state index contributed by atoms with van der Waals surface area (Å²) in [6.07, 6.45) is 1.52. The summed E-state index contributed by atoms with van der Waals surface area (Å²) in [5.74, 6) is 1.38. The van der Waals surface area contributed by atoms with Crippen LogP contribution in [0.2, 0.25) is 0 Å². The largest absolute Gasteiger partial charge is 0.513 e. The van der Waals surface area contributed by atoms with Crippen molar-refractivity contribution in [3.05, 3.63) is 34.4 Å². The van der Waals surface area contributed by atoms with Crippen LogP contribution in [0.3, 0.4) is 0 Å². The van der Waals surface area contributed by atoms with E-state index in [1.807, 2.05) is 6.92 Å². The van der Waals surface area contributed by atoms with Crippen molar-refractivity contribution in [2.45, 2.75) is 20.3 Å². The Kier molecular flexibility index (Phi) is 6.07. The molecule has 0 fully saturated rings. The number of carbonyl (C=O) groups excluding carboxylic acids is 1. The van der Waals surface area contributed by atoms with Crippen molar-refractivity contribution >= 4 is 24.6 Å². The lowest BCUT2D eigenvalue weighted by molar-refractivity contribution is 0.103. The number of aromatic amines is 1. The van der Waals surface area contributed by atoms with Crippen LogP contribution >= 0.6 is 12.2 Å². The third kappa shape index (κ3) is 4.19. The Morgan fingerprint density at radius 2 is 2.21 bits per heavy atom. The smallest absolute Gasteiger partial charge is 0.493 e. The van der Waals surface area contributed by atoms with Gasteiger partial charge in [-0.2, -0.15) is 14.9 Å². The van der Waals surface area contributed by atoms with Crippen LogP contribution in [-0.4, -0.2) is 41.0 Å². The highest BCUT2D eigenvalue weighted by molar-refractivity contribution is 7.71. The van der Waals surface area contributed by atoms with E-state index >= 15 is 0 Å². The molecule has 0 aliphatic carbocycles. The highest BCUT2D eigenvalue weighted by Crippen LogP contribution is 2.28. The Morgan fingerprint density at radius 3 is 2.88 bits per heavy atom. The molecule has 0 aliphatic rings. The first kappa shape index (κ1) is 17.7. The monoisotopic (exact) mass is 350 g/mol. The average molecular weight is 350 g/mol. The van der Waals surface area contributed by atoms with Crippen LogP contribution in [0, 0.1) is 4.77 Å². The molecule has 0 amide bonds. The quantitative estimate of drug-likeness (QED) is 0.373. The average Bonchev–Trinajstić information content (AvgIpc) is 2.94. The number of benzene rings is 1. The van der Waals surface area contributed by atoms with Gasteiger partial charge >= 0.3 is 6.16 Å². The van der Waals surface area contributed by atoms with E-state index < -0.39 is 6.16 Å². The number of carbonyl (C=O) groups is 1. The van der Waals surface area contributed by atoms with Gasteiger partial charge in [-0.1, -0.05) is 6.92 Å². The first-order valence-electron chi connectivity index (χ1n) is 7.32. The molecule has 2 aromatic rings. The van der Waals surface area contributed by atoms with E-state index in [0.717, 1.165) is 11.4 Å². The zero-order valence-corrected chi connectivity index (χ0v) is 14.4. The molecule has 0 saturated heterocycles. The second-order valence-corrected chi connectivity index (χ2v) is 4.94. The molecule has 0 bridgehead atoms. The van der Waals surface area contributed by atoms with Crippen LogP contribution < -0.4 is 9.47 Å². The zero-order chi connectivity index (χ0) is 17.5. The maximum absolute atomic E-state index is 11.4. The third-order valence-corrected chi connectivity index (χ3v) is 3.26. The van der Waals surface area contributed by atoms with Gasteiger partial charge in [-0.3, -0.25) is 5.10 Å². The number of methoxy groups -OCH3 is 1. The van der Waals surface area contributed by atoms with Crippen LogP contribution in [-0.2, 0) is 11.2 Å². The molecule has 0 unspecified atom stereocenters. The molecule has 0 spiro atoms. The summed E-state index contributed by atoms with van der Waals surface area (Å²) in [6.45, 7) is 3.89. The van der Waals surface area contributed by atoms with Crippen molar-refractivity contribution in [1.29, 1.82) is 0 Å². The van der Waals surface area contributed by atoms with E-state index in [1.165, 1.54) is 7.11 Å². The SMILES string of the molecule is CCOC(=O)Oc1ccc(/C=N\n2c(CC)n[nH]c2=S)cc1OC. The van der Waals surface area contributed by atoms with Crippen molar-refractivity contribution in [1.82, 2.24) is 14.9 Å². The summed E-state index contributed by atoms with van der Waals surface area (Å²) in [7, 11) is 1.48. The first-order valence-corrected chi connectivity index (χ1v) is 7.73. The summed E-state index contributed by atoms with van der Waals surface area (Å²) < 4.78 is 17.0. The number of nitrogens with one attached hydrogen (secondary N) is 1. The summed E-state index contributed by atoms with van der Waals surface area (Å²) in [5, 5.41) is 11.1. The summed E-state index contributed by atoms with van der Waals surface area (Å²) in [5.41, 5.74) is 0.744. The van der Waals surface area contributed by atoms with Crippen molar-refractivity contribution < 1.29 is 19.0 Å². The highest BCUT2D eigenvalue weighted by Gasteiger charge is 2.11. The summed E-state index contributed by atoms with van der Waals surface area (Å²) in [6, 6.07) is 5.02. The fourth-order valence-corrected chi connectivity index (χ4v) is 2.08. The predicted octanol–water partition coefficient (Wildman–Crippen LogP) is 2.93. The normalized spacial score (nSPS) is 10.8. The van der Waals surface area contributed by atoms with Gasteiger partial charge in [0.1, 0.15) is 0 Å². The number of H-pyrrole nitrogens is 1. The van der Waals surface area contributed by atoms with Gasteiger partial charge in [0.05, 0.1) is 19.9 Å². The molecular weight excluding hydrogens is 332 g/mol. The molecule has 1 heterocycles. The van der Waals surface area contributed by atoms with Gasteiger partial charge in [0, 0.05) is 6.42 Å². The number of hydrogen-bond donors (Lipinski definition) is 1. The minimum absolute atomic E-state index is 0.233. The van der Waals surface area contributed by atoms with Gasteiger partial charge in [0.15, 0.2) is 17.3 Å². The lowest BCUT2D eigenvalue weighted by atomic mass is 10.2. The number of ether oxygens (including phenoxy) is 3. The van der Waals surface area contributed by atoms with Crippen molar-refractivity contribution in [3.63, 3.8) is 0 Å². The minimum atomic E-state index is -0.783. The van der Waals surface area contributed by atoms with Gasteiger partial charge in [-0.25, -0.2) is 4.79 Å². The molecule has 128 valence electrons. The number of hydrogen-bond acceptors (Lipinski definition) is 7. The molecule has 1 aromatic heterocycles. The van der Waals surface area contributed by atoms with Gasteiger partial charge in [0.2, 0.25) is 4.77 Å². The van der Waals surface area contributed by atoms with E-state index in [1.54, 1.807) is 36.0 Å².